The van der Waals surface area contributed by atoms with Gasteiger partial charge in [-0.1, -0.05) is 36.9 Å². The summed E-state index contributed by atoms with van der Waals surface area (Å²) in [6, 6.07) is 12.4. The first kappa shape index (κ1) is 25.2. The molecule has 1 aromatic heterocycles. The van der Waals surface area contributed by atoms with Gasteiger partial charge in [-0.05, 0) is 49.6 Å². The number of amides is 1. The molecular weight excluding hydrogens is 486 g/mol. The number of methoxy groups -OCH3 is 1. The SMILES string of the molecule is CCCN(C(=O)CSc1nc2ccccc2c(=O)n1-c1cc(C)ccc1OC)C1CCS(=O)(=O)C1. The number of hydrogen-bond acceptors (Lipinski definition) is 7. The number of benzene rings is 2. The van der Waals surface area contributed by atoms with Gasteiger partial charge in [-0.2, -0.15) is 0 Å². The van der Waals surface area contributed by atoms with E-state index in [2.05, 4.69) is 0 Å². The predicted octanol–water partition coefficient (Wildman–Crippen LogP) is 3.22. The van der Waals surface area contributed by atoms with Crippen LogP contribution in [0.1, 0.15) is 25.3 Å². The Hall–Kier alpha value is -2.85. The highest BCUT2D eigenvalue weighted by Crippen LogP contribution is 2.29. The Labute approximate surface area is 209 Å². The second-order valence-electron chi connectivity index (χ2n) is 8.66. The van der Waals surface area contributed by atoms with Crippen molar-refractivity contribution in [2.24, 2.45) is 0 Å². The molecule has 4 rings (SSSR count). The van der Waals surface area contributed by atoms with Crippen molar-refractivity contribution in [1.82, 2.24) is 14.5 Å². The number of nitrogens with zero attached hydrogens (tertiary/aromatic N) is 3. The number of ether oxygens (including phenoxy) is 1. The third-order valence-corrected chi connectivity index (χ3v) is 8.75. The van der Waals surface area contributed by atoms with Gasteiger partial charge in [0.2, 0.25) is 5.91 Å². The summed E-state index contributed by atoms with van der Waals surface area (Å²) in [7, 11) is -1.57. The molecule has 0 radical (unpaired) electrons. The van der Waals surface area contributed by atoms with Gasteiger partial charge in [0.05, 0.1) is 41.0 Å². The molecule has 8 nitrogen and oxygen atoms in total. The van der Waals surface area contributed by atoms with E-state index in [0.717, 1.165) is 12.0 Å². The monoisotopic (exact) mass is 515 g/mol. The topological polar surface area (TPSA) is 98.6 Å². The Morgan fingerprint density at radius 2 is 2.03 bits per heavy atom. The molecule has 0 spiro atoms. The van der Waals surface area contributed by atoms with Crippen molar-refractivity contribution in [3.05, 3.63) is 58.4 Å². The number of fused-ring (bicyclic) bond motifs is 1. The number of rotatable bonds is 8. The number of thioether (sulfide) groups is 1. The Morgan fingerprint density at radius 1 is 1.26 bits per heavy atom. The van der Waals surface area contributed by atoms with Crippen LogP contribution in [0.3, 0.4) is 0 Å². The molecule has 1 atom stereocenters. The van der Waals surface area contributed by atoms with E-state index >= 15 is 0 Å². The summed E-state index contributed by atoms with van der Waals surface area (Å²) in [5, 5.41) is 0.844. The number of aryl methyl sites for hydroxylation is 1. The maximum Gasteiger partial charge on any atom is 0.266 e. The van der Waals surface area contributed by atoms with E-state index < -0.39 is 9.84 Å². The van der Waals surface area contributed by atoms with E-state index in [-0.39, 0.29) is 34.8 Å². The average Bonchev–Trinajstić information content (AvgIpc) is 3.20. The molecule has 2 aromatic carbocycles. The lowest BCUT2D eigenvalue weighted by atomic mass is 10.2. The van der Waals surface area contributed by atoms with Crippen molar-refractivity contribution in [1.29, 1.82) is 0 Å². The molecule has 0 saturated carbocycles. The molecule has 1 fully saturated rings. The fourth-order valence-corrected chi connectivity index (χ4v) is 7.00. The average molecular weight is 516 g/mol. The highest BCUT2D eigenvalue weighted by Gasteiger charge is 2.34. The van der Waals surface area contributed by atoms with Gasteiger partial charge >= 0.3 is 0 Å². The summed E-state index contributed by atoms with van der Waals surface area (Å²) >= 11 is 1.17. The van der Waals surface area contributed by atoms with Gasteiger partial charge < -0.3 is 9.64 Å². The summed E-state index contributed by atoms with van der Waals surface area (Å²) in [5.41, 5.74) is 1.80. The minimum Gasteiger partial charge on any atom is -0.495 e. The van der Waals surface area contributed by atoms with Gasteiger partial charge in [0.25, 0.3) is 5.56 Å². The van der Waals surface area contributed by atoms with Crippen LogP contribution in [0.4, 0.5) is 0 Å². The Kier molecular flexibility index (Phi) is 7.51. The molecule has 1 aliphatic heterocycles. The molecule has 1 unspecified atom stereocenters. The second kappa shape index (κ2) is 10.4. The molecular formula is C25H29N3O5S2. The fraction of sp³-hybridized carbons (Fsp3) is 0.400. The van der Waals surface area contributed by atoms with Crippen LogP contribution in [0, 0.1) is 6.92 Å². The Balaban J connectivity index is 1.72. The van der Waals surface area contributed by atoms with E-state index in [0.29, 0.717) is 40.5 Å². The van der Waals surface area contributed by atoms with Crippen LogP contribution in [-0.4, -0.2) is 65.7 Å². The molecule has 3 aromatic rings. The van der Waals surface area contributed by atoms with Crippen LogP contribution < -0.4 is 10.3 Å². The van der Waals surface area contributed by atoms with Gasteiger partial charge in [-0.15, -0.1) is 0 Å². The normalized spacial score (nSPS) is 16.9. The summed E-state index contributed by atoms with van der Waals surface area (Å²) in [5.74, 6) is 0.506. The third kappa shape index (κ3) is 5.38. The standard InChI is InChI=1S/C25H29N3O5S2/c1-4-12-27(18-11-13-35(31,32)16-18)23(29)15-34-25-26-20-8-6-5-7-19(20)24(30)28(25)21-14-17(2)9-10-22(21)33-3/h5-10,14,18H,4,11-13,15-16H2,1-3H3. The van der Waals surface area contributed by atoms with Crippen molar-refractivity contribution >= 4 is 38.4 Å². The van der Waals surface area contributed by atoms with E-state index in [1.54, 1.807) is 36.3 Å². The molecule has 0 aliphatic carbocycles. The zero-order valence-corrected chi connectivity index (χ0v) is 21.7. The van der Waals surface area contributed by atoms with Crippen molar-refractivity contribution in [3.8, 4) is 11.4 Å². The third-order valence-electron chi connectivity index (χ3n) is 6.08. The maximum absolute atomic E-state index is 13.6. The fourth-order valence-electron chi connectivity index (χ4n) is 4.38. The van der Waals surface area contributed by atoms with Crippen LogP contribution in [0.25, 0.3) is 16.6 Å². The molecule has 0 bridgehead atoms. The first-order valence-corrected chi connectivity index (χ1v) is 14.3. The largest absolute Gasteiger partial charge is 0.495 e. The highest BCUT2D eigenvalue weighted by molar-refractivity contribution is 7.99. The van der Waals surface area contributed by atoms with E-state index in [9.17, 15) is 18.0 Å². The summed E-state index contributed by atoms with van der Waals surface area (Å²) < 4.78 is 31.0. The van der Waals surface area contributed by atoms with Crippen LogP contribution >= 0.6 is 11.8 Å². The number of carbonyl (C=O) groups excluding carboxylic acids is 1. The van der Waals surface area contributed by atoms with Gasteiger partial charge in [0, 0.05) is 12.6 Å². The molecule has 2 heterocycles. The minimum atomic E-state index is -3.12. The van der Waals surface area contributed by atoms with Crippen molar-refractivity contribution in [2.45, 2.75) is 37.9 Å². The van der Waals surface area contributed by atoms with Gasteiger partial charge in [-0.25, -0.2) is 13.4 Å². The van der Waals surface area contributed by atoms with Crippen LogP contribution in [0.15, 0.2) is 52.4 Å². The van der Waals surface area contributed by atoms with Gasteiger partial charge in [0.15, 0.2) is 15.0 Å². The molecule has 1 aliphatic rings. The van der Waals surface area contributed by atoms with E-state index in [1.807, 2.05) is 32.0 Å². The smallest absolute Gasteiger partial charge is 0.266 e. The number of aromatic nitrogens is 2. The number of hydrogen-bond donors (Lipinski definition) is 0. The predicted molar refractivity (Wildman–Crippen MR) is 138 cm³/mol. The molecule has 0 N–H and O–H groups in total. The summed E-state index contributed by atoms with van der Waals surface area (Å²) in [4.78, 5) is 33.2. The Morgan fingerprint density at radius 3 is 2.71 bits per heavy atom. The van der Waals surface area contributed by atoms with E-state index in [4.69, 9.17) is 9.72 Å². The number of para-hydroxylation sites is 1. The van der Waals surface area contributed by atoms with Crippen LogP contribution in [0.2, 0.25) is 0 Å². The first-order chi connectivity index (χ1) is 16.7. The maximum atomic E-state index is 13.6. The first-order valence-electron chi connectivity index (χ1n) is 11.5. The van der Waals surface area contributed by atoms with Crippen molar-refractivity contribution in [3.63, 3.8) is 0 Å². The van der Waals surface area contributed by atoms with E-state index in [1.165, 1.54) is 16.3 Å². The zero-order valence-electron chi connectivity index (χ0n) is 20.1. The number of sulfone groups is 1. The lowest BCUT2D eigenvalue weighted by Gasteiger charge is -2.28. The lowest BCUT2D eigenvalue weighted by molar-refractivity contribution is -0.130. The molecule has 1 saturated heterocycles. The number of carbonyl (C=O) groups is 1. The van der Waals surface area contributed by atoms with Gasteiger partial charge in [0.1, 0.15) is 5.75 Å². The summed E-state index contributed by atoms with van der Waals surface area (Å²) in [6.45, 7) is 4.38. The van der Waals surface area contributed by atoms with Gasteiger partial charge in [-0.3, -0.25) is 14.2 Å². The second-order valence-corrected chi connectivity index (χ2v) is 11.8. The minimum absolute atomic E-state index is 0.00281. The molecule has 186 valence electrons. The zero-order chi connectivity index (χ0) is 25.2. The summed E-state index contributed by atoms with van der Waals surface area (Å²) in [6.07, 6.45) is 1.19. The highest BCUT2D eigenvalue weighted by atomic mass is 32.2. The quantitative estimate of drug-likeness (QED) is 0.336. The molecule has 1 amide bonds. The molecule has 35 heavy (non-hydrogen) atoms. The van der Waals surface area contributed by atoms with Crippen LogP contribution in [-0.2, 0) is 14.6 Å². The Bertz CT molecular complexity index is 1420. The van der Waals surface area contributed by atoms with Crippen molar-refractivity contribution in [2.75, 3.05) is 30.9 Å². The van der Waals surface area contributed by atoms with Crippen molar-refractivity contribution < 1.29 is 17.9 Å². The van der Waals surface area contributed by atoms with Crippen LogP contribution in [0.5, 0.6) is 5.75 Å². The molecule has 10 heteroatoms. The lowest BCUT2D eigenvalue weighted by Crippen LogP contribution is -2.42.